The molecule has 0 bridgehead atoms. The second-order valence-corrected chi connectivity index (χ2v) is 11.4. The lowest BCUT2D eigenvalue weighted by Crippen LogP contribution is -2.37. The van der Waals surface area contributed by atoms with Crippen LogP contribution in [0.5, 0.6) is 5.75 Å². The van der Waals surface area contributed by atoms with Crippen LogP contribution in [0.25, 0.3) is 0 Å². The number of nitrogens with two attached hydrogens (primary N) is 1. The van der Waals surface area contributed by atoms with E-state index in [1.807, 2.05) is 13.8 Å². The summed E-state index contributed by atoms with van der Waals surface area (Å²) in [7, 11) is -2.28. The fraction of sp³-hybridized carbons (Fsp3) is 0.577. The summed E-state index contributed by atoms with van der Waals surface area (Å²) in [4.78, 5) is 28.0. The van der Waals surface area contributed by atoms with Crippen LogP contribution in [-0.4, -0.2) is 78.5 Å². The third-order valence-corrected chi connectivity index (χ3v) is 8.56. The van der Waals surface area contributed by atoms with Gasteiger partial charge >= 0.3 is 0 Å². The number of likely N-dealkylation sites (N-methyl/N-ethyl adjacent to an activating group) is 1. The minimum Gasteiger partial charge on any atom is -0.493 e. The lowest BCUT2D eigenvalue weighted by molar-refractivity contribution is 0.0992. The number of ether oxygens (including phenoxy) is 1. The molecule has 2 amide bonds. The molecule has 0 radical (unpaired) electrons. The average molecular weight is 549 g/mol. The largest absolute Gasteiger partial charge is 0.493 e. The van der Waals surface area contributed by atoms with Crippen molar-refractivity contribution in [2.24, 2.45) is 12.8 Å². The number of anilines is 1. The van der Waals surface area contributed by atoms with Crippen LogP contribution in [0.15, 0.2) is 23.1 Å². The molecule has 0 spiro atoms. The van der Waals surface area contributed by atoms with Crippen LogP contribution in [0.4, 0.5) is 5.69 Å². The van der Waals surface area contributed by atoms with E-state index in [1.165, 1.54) is 27.2 Å². The molecule has 1 saturated heterocycles. The fourth-order valence-electron chi connectivity index (χ4n) is 4.63. The first-order valence-electron chi connectivity index (χ1n) is 13.3. The van der Waals surface area contributed by atoms with E-state index in [9.17, 15) is 18.0 Å². The summed E-state index contributed by atoms with van der Waals surface area (Å²) in [6.07, 6.45) is 4.22. The molecule has 12 heteroatoms. The number of hydrogen-bond donors (Lipinski definition) is 2. The Balaban J connectivity index is 1.96. The Bertz CT molecular complexity index is 1240. The third kappa shape index (κ3) is 6.72. The highest BCUT2D eigenvalue weighted by Crippen LogP contribution is 2.28. The molecule has 11 nitrogen and oxygen atoms in total. The van der Waals surface area contributed by atoms with Crippen molar-refractivity contribution in [1.82, 2.24) is 19.0 Å². The molecule has 1 aliphatic rings. The van der Waals surface area contributed by atoms with Crippen molar-refractivity contribution in [2.45, 2.75) is 57.8 Å². The normalized spacial score (nSPS) is 14.2. The zero-order valence-corrected chi connectivity index (χ0v) is 23.6. The van der Waals surface area contributed by atoms with Gasteiger partial charge in [-0.25, -0.2) is 8.42 Å². The highest BCUT2D eigenvalue weighted by molar-refractivity contribution is 7.89. The van der Waals surface area contributed by atoms with Gasteiger partial charge in [-0.15, -0.1) is 0 Å². The van der Waals surface area contributed by atoms with E-state index in [1.54, 1.807) is 14.0 Å². The first kappa shape index (κ1) is 29.6. The van der Waals surface area contributed by atoms with Gasteiger partial charge in [0.15, 0.2) is 0 Å². The predicted molar refractivity (Wildman–Crippen MR) is 146 cm³/mol. The Morgan fingerprint density at radius 2 is 1.87 bits per heavy atom. The van der Waals surface area contributed by atoms with E-state index < -0.39 is 21.8 Å². The minimum atomic E-state index is -3.86. The highest BCUT2D eigenvalue weighted by Gasteiger charge is 2.28. The number of nitrogens with one attached hydrogen (secondary N) is 1. The van der Waals surface area contributed by atoms with Crippen LogP contribution in [-0.2, 0) is 23.5 Å². The number of aryl methyl sites for hydroxylation is 2. The minimum absolute atomic E-state index is 0.00450. The van der Waals surface area contributed by atoms with Crippen molar-refractivity contribution in [3.05, 3.63) is 35.2 Å². The lowest BCUT2D eigenvalue weighted by Gasteiger charge is -2.24. The van der Waals surface area contributed by atoms with Crippen molar-refractivity contribution < 1.29 is 22.7 Å². The van der Waals surface area contributed by atoms with Gasteiger partial charge < -0.3 is 20.7 Å². The van der Waals surface area contributed by atoms with Crippen LogP contribution in [0.3, 0.4) is 0 Å². The smallest absolute Gasteiger partial charge is 0.269 e. The van der Waals surface area contributed by atoms with E-state index in [2.05, 4.69) is 15.3 Å². The summed E-state index contributed by atoms with van der Waals surface area (Å²) in [5, 5.41) is 7.11. The van der Waals surface area contributed by atoms with Gasteiger partial charge in [0.2, 0.25) is 10.0 Å². The second-order valence-electron chi connectivity index (χ2n) is 9.41. The Hall–Kier alpha value is -2.96. The van der Waals surface area contributed by atoms with E-state index in [4.69, 9.17) is 10.5 Å². The number of carbonyl (C=O) groups is 2. The molecule has 210 valence electrons. The molecule has 2 heterocycles. The van der Waals surface area contributed by atoms with Crippen LogP contribution >= 0.6 is 0 Å². The number of benzene rings is 1. The molecular weight excluding hydrogens is 508 g/mol. The van der Waals surface area contributed by atoms with Crippen LogP contribution in [0.2, 0.25) is 0 Å². The summed E-state index contributed by atoms with van der Waals surface area (Å²) < 4.78 is 35.7. The lowest BCUT2D eigenvalue weighted by atomic mass is 10.1. The molecular formula is C26H40N6O5S. The number of sulfonamides is 1. The van der Waals surface area contributed by atoms with Gasteiger partial charge in [0.05, 0.1) is 28.4 Å². The molecule has 1 fully saturated rings. The summed E-state index contributed by atoms with van der Waals surface area (Å²) >= 11 is 0. The standard InChI is InChI=1S/C26H40N6O5S/c1-5-10-21-23(24(25(27)33)30(4)29-21)28-26(34)20-18-19(11-12-22(20)37-17-6-2)38(35,36)32(7-3)16-15-31-13-8-9-14-31/h11-12,18H,5-10,13-17H2,1-4H3,(H2,27,33)(H,28,34). The summed E-state index contributed by atoms with van der Waals surface area (Å²) in [5.41, 5.74) is 6.45. The molecule has 2 aromatic rings. The molecule has 3 N–H and O–H groups in total. The zero-order valence-electron chi connectivity index (χ0n) is 22.8. The van der Waals surface area contributed by atoms with Crippen molar-refractivity contribution >= 4 is 27.5 Å². The Kier molecular flexibility index (Phi) is 10.3. The Morgan fingerprint density at radius 3 is 2.47 bits per heavy atom. The van der Waals surface area contributed by atoms with Gasteiger partial charge in [-0.2, -0.15) is 9.40 Å². The van der Waals surface area contributed by atoms with Gasteiger partial charge in [-0.1, -0.05) is 27.2 Å². The topological polar surface area (TPSA) is 140 Å². The molecule has 0 unspecified atom stereocenters. The first-order chi connectivity index (χ1) is 18.1. The van der Waals surface area contributed by atoms with E-state index >= 15 is 0 Å². The number of carbonyl (C=O) groups excluding carboxylic acids is 2. The Labute approximate surface area is 225 Å². The number of primary amides is 1. The quantitative estimate of drug-likeness (QED) is 0.370. The van der Waals surface area contributed by atoms with E-state index in [0.29, 0.717) is 44.8 Å². The van der Waals surface area contributed by atoms with Crippen LogP contribution in [0.1, 0.15) is 73.0 Å². The molecule has 3 rings (SSSR count). The van der Waals surface area contributed by atoms with Crippen molar-refractivity contribution in [2.75, 3.05) is 44.6 Å². The number of aromatic nitrogens is 2. The molecule has 38 heavy (non-hydrogen) atoms. The summed E-state index contributed by atoms with van der Waals surface area (Å²) in [5.74, 6) is -1.08. The Morgan fingerprint density at radius 1 is 1.16 bits per heavy atom. The van der Waals surface area contributed by atoms with Gasteiger partial charge in [0.25, 0.3) is 11.8 Å². The molecule has 0 saturated carbocycles. The van der Waals surface area contributed by atoms with Crippen LogP contribution in [0, 0.1) is 0 Å². The number of rotatable bonds is 14. The number of nitrogens with zero attached hydrogens (tertiary/aromatic N) is 4. The van der Waals surface area contributed by atoms with Gasteiger partial charge in [0, 0.05) is 26.7 Å². The zero-order chi connectivity index (χ0) is 27.9. The second kappa shape index (κ2) is 13.2. The van der Waals surface area contributed by atoms with Gasteiger partial charge in [-0.05, 0) is 57.0 Å². The molecule has 1 aromatic heterocycles. The number of hydrogen-bond acceptors (Lipinski definition) is 7. The van der Waals surface area contributed by atoms with Gasteiger partial charge in [0.1, 0.15) is 11.4 Å². The van der Waals surface area contributed by atoms with Crippen molar-refractivity contribution in [3.63, 3.8) is 0 Å². The average Bonchev–Trinajstić information content (AvgIpc) is 3.50. The molecule has 0 aliphatic carbocycles. The fourth-order valence-corrected chi connectivity index (χ4v) is 6.09. The van der Waals surface area contributed by atoms with Crippen molar-refractivity contribution in [3.8, 4) is 5.75 Å². The maximum absolute atomic E-state index is 13.6. The summed E-state index contributed by atoms with van der Waals surface area (Å²) in [6, 6.07) is 4.32. The molecule has 0 atom stereocenters. The number of amides is 2. The van der Waals surface area contributed by atoms with E-state index in [-0.39, 0.29) is 27.6 Å². The predicted octanol–water partition coefficient (Wildman–Crippen LogP) is 2.62. The molecule has 1 aromatic carbocycles. The number of likely N-dealkylation sites (tertiary alicyclic amines) is 1. The molecule has 1 aliphatic heterocycles. The SMILES string of the molecule is CCCOc1ccc(S(=O)(=O)N(CC)CCN2CCCC2)cc1C(=O)Nc1c(CCC)nn(C)c1C(N)=O. The maximum Gasteiger partial charge on any atom is 0.269 e. The summed E-state index contributed by atoms with van der Waals surface area (Å²) in [6.45, 7) is 9.34. The van der Waals surface area contributed by atoms with Crippen LogP contribution < -0.4 is 15.8 Å². The third-order valence-electron chi connectivity index (χ3n) is 6.59. The highest BCUT2D eigenvalue weighted by atomic mass is 32.2. The van der Waals surface area contributed by atoms with E-state index in [0.717, 1.165) is 32.4 Å². The van der Waals surface area contributed by atoms with Crippen molar-refractivity contribution in [1.29, 1.82) is 0 Å². The first-order valence-corrected chi connectivity index (χ1v) is 14.7. The monoisotopic (exact) mass is 548 g/mol. The van der Waals surface area contributed by atoms with Gasteiger partial charge in [-0.3, -0.25) is 14.3 Å². The maximum atomic E-state index is 13.6.